The highest BCUT2D eigenvalue weighted by Crippen LogP contribution is 2.44. The molecule has 6 N–H and O–H groups in total. The summed E-state index contributed by atoms with van der Waals surface area (Å²) in [6.45, 7) is 0.452. The Kier molecular flexibility index (Phi) is 10.0. The summed E-state index contributed by atoms with van der Waals surface area (Å²) in [4.78, 5) is 58.8. The summed E-state index contributed by atoms with van der Waals surface area (Å²) >= 11 is 1.80. The van der Waals surface area contributed by atoms with Crippen LogP contribution in [-0.4, -0.2) is 105 Å². The number of ether oxygens (including phenoxy) is 2. The number of aromatic nitrogens is 2. The fourth-order valence-corrected chi connectivity index (χ4v) is 8.08. The molecule has 0 saturated carbocycles. The summed E-state index contributed by atoms with van der Waals surface area (Å²) in [7, 11) is 3.21. The number of halogens is 2. The number of hydrogen-bond acceptors (Lipinski definition) is 12. The molecular formula is C38H32F2N6O8S2. The lowest BCUT2D eigenvalue weighted by atomic mass is 10.0. The second-order valence-electron chi connectivity index (χ2n) is 13.3. The van der Waals surface area contributed by atoms with Gasteiger partial charge < -0.3 is 41.0 Å². The Morgan fingerprint density at radius 3 is 1.50 bits per heavy atom. The molecule has 4 aliphatic heterocycles. The van der Waals surface area contributed by atoms with Gasteiger partial charge in [0.1, 0.15) is 24.7 Å². The number of fused-ring (bicyclic) bond motifs is 6. The molecule has 4 aromatic rings. The van der Waals surface area contributed by atoms with Gasteiger partial charge in [-0.25, -0.2) is 18.7 Å². The second-order valence-corrected chi connectivity index (χ2v) is 15.4. The van der Waals surface area contributed by atoms with Gasteiger partial charge in [-0.1, -0.05) is 23.7 Å². The van der Waals surface area contributed by atoms with Crippen molar-refractivity contribution in [2.45, 2.75) is 36.4 Å². The largest absolute Gasteiger partial charge is 0.489 e. The van der Waals surface area contributed by atoms with Gasteiger partial charge in [-0.2, -0.15) is 0 Å². The molecular weight excluding hydrogens is 771 g/mol. The molecule has 288 valence electrons. The number of alkyl halides is 2. The normalized spacial score (nSPS) is 23.2. The maximum atomic E-state index is 14.5. The van der Waals surface area contributed by atoms with E-state index in [1.165, 1.54) is 9.80 Å². The minimum atomic E-state index is -1.72. The molecule has 56 heavy (non-hydrogen) atoms. The average Bonchev–Trinajstić information content (AvgIpc) is 3.92. The first kappa shape index (κ1) is 38.4. The topological polar surface area (TPSA) is 212 Å². The number of rotatable bonds is 2. The Morgan fingerprint density at radius 1 is 0.768 bits per heavy atom. The van der Waals surface area contributed by atoms with E-state index in [0.717, 1.165) is 22.7 Å². The summed E-state index contributed by atoms with van der Waals surface area (Å²) < 4.78 is 39.9. The SMILES string of the molecule is CN1CC[C@@](O)(C#Cc2ccc3c(c2)-c2nc(C(N)=O)sc2[C@@H](F)CO3)C1=O.CN1CC[C@@](O)(C#Cc2ccc3c(c2)-c2nc(C(N)=O)sc2[C@H](F)CO3)C1=O. The maximum absolute atomic E-state index is 14.5. The highest BCUT2D eigenvalue weighted by atomic mass is 32.1. The van der Waals surface area contributed by atoms with E-state index in [4.69, 9.17) is 20.9 Å². The van der Waals surface area contributed by atoms with E-state index < -0.39 is 47.2 Å². The van der Waals surface area contributed by atoms with Gasteiger partial charge >= 0.3 is 0 Å². The lowest BCUT2D eigenvalue weighted by molar-refractivity contribution is -0.138. The molecule has 2 aromatic heterocycles. The van der Waals surface area contributed by atoms with Crippen LogP contribution in [0.1, 0.15) is 65.7 Å². The number of amides is 4. The number of primary amides is 2. The third kappa shape index (κ3) is 7.15. The smallest absolute Gasteiger partial charge is 0.277 e. The van der Waals surface area contributed by atoms with Gasteiger partial charge in [0.2, 0.25) is 11.2 Å². The van der Waals surface area contributed by atoms with E-state index in [0.29, 0.717) is 46.8 Å². The minimum Gasteiger partial charge on any atom is -0.489 e. The molecule has 0 spiro atoms. The first-order valence-electron chi connectivity index (χ1n) is 17.0. The quantitative estimate of drug-likeness (QED) is 0.218. The summed E-state index contributed by atoms with van der Waals surface area (Å²) in [5.74, 6) is 9.38. The number of aliphatic hydroxyl groups is 2. The van der Waals surface area contributed by atoms with Crippen molar-refractivity contribution in [3.8, 4) is 57.7 Å². The molecule has 14 nitrogen and oxygen atoms in total. The van der Waals surface area contributed by atoms with Gasteiger partial charge in [-0.3, -0.25) is 19.2 Å². The lowest BCUT2D eigenvalue weighted by Gasteiger charge is -2.13. The van der Waals surface area contributed by atoms with E-state index >= 15 is 0 Å². The highest BCUT2D eigenvalue weighted by Gasteiger charge is 2.43. The Balaban J connectivity index is 0.000000172. The Bertz CT molecular complexity index is 2280. The molecule has 4 atom stereocenters. The molecule has 0 radical (unpaired) electrons. The molecule has 2 aromatic carbocycles. The Hall–Kier alpha value is -5.92. The van der Waals surface area contributed by atoms with Crippen molar-refractivity contribution in [3.05, 3.63) is 67.3 Å². The van der Waals surface area contributed by atoms with Crippen molar-refractivity contribution < 1.29 is 47.6 Å². The molecule has 6 heterocycles. The van der Waals surface area contributed by atoms with Crippen LogP contribution in [-0.2, 0) is 9.59 Å². The zero-order chi connectivity index (χ0) is 40.1. The number of benzene rings is 2. The molecule has 8 rings (SSSR count). The zero-order valence-electron chi connectivity index (χ0n) is 29.7. The maximum Gasteiger partial charge on any atom is 0.277 e. The molecule has 0 aliphatic carbocycles. The molecule has 18 heteroatoms. The van der Waals surface area contributed by atoms with Gasteiger partial charge in [-0.05, 0) is 36.4 Å². The standard InChI is InChI=1S/2C19H16FN3O4S/c2*1-23-7-6-19(26,18(23)25)5-4-10-2-3-13-11(8-10)14-15(12(20)9-27-13)28-17(22-14)16(21)24/h2*2-3,8,12,26H,6-7,9H2,1H3,(H2,21,24)/t12-,19+;12-,19-/m10/s1. The molecule has 2 saturated heterocycles. The number of thiazole rings is 2. The van der Waals surface area contributed by atoms with Gasteiger partial charge in [-0.15, -0.1) is 22.7 Å². The number of nitrogens with two attached hydrogens (primary N) is 2. The van der Waals surface area contributed by atoms with Crippen LogP contribution in [0.3, 0.4) is 0 Å². The van der Waals surface area contributed by atoms with Crippen molar-refractivity contribution in [2.24, 2.45) is 11.5 Å². The molecule has 0 bridgehead atoms. The third-order valence-corrected chi connectivity index (χ3v) is 11.7. The van der Waals surface area contributed by atoms with Gasteiger partial charge in [0, 0.05) is 62.3 Å². The van der Waals surface area contributed by atoms with Crippen LogP contribution in [0.4, 0.5) is 8.78 Å². The Labute approximate surface area is 326 Å². The van der Waals surface area contributed by atoms with Crippen molar-refractivity contribution >= 4 is 46.3 Å². The highest BCUT2D eigenvalue weighted by molar-refractivity contribution is 7.14. The lowest BCUT2D eigenvalue weighted by Crippen LogP contribution is -2.37. The van der Waals surface area contributed by atoms with Crippen LogP contribution in [0.25, 0.3) is 22.5 Å². The molecule has 2 fully saturated rings. The first-order chi connectivity index (χ1) is 26.6. The first-order valence-corrected chi connectivity index (χ1v) is 18.7. The van der Waals surface area contributed by atoms with Crippen LogP contribution in [0, 0.1) is 23.7 Å². The van der Waals surface area contributed by atoms with Crippen molar-refractivity contribution in [1.29, 1.82) is 0 Å². The van der Waals surface area contributed by atoms with Crippen LogP contribution in [0.15, 0.2) is 36.4 Å². The fourth-order valence-electron chi connectivity index (χ4n) is 6.29. The van der Waals surface area contributed by atoms with E-state index in [9.17, 15) is 38.2 Å². The van der Waals surface area contributed by atoms with E-state index in [-0.39, 0.29) is 57.2 Å². The summed E-state index contributed by atoms with van der Waals surface area (Å²) in [5.41, 5.74) is 9.67. The minimum absolute atomic E-state index is 0.0193. The predicted octanol–water partition coefficient (Wildman–Crippen LogP) is 2.51. The predicted molar refractivity (Wildman–Crippen MR) is 199 cm³/mol. The fraction of sp³-hybridized carbons (Fsp3) is 0.316. The van der Waals surface area contributed by atoms with Crippen LogP contribution < -0.4 is 20.9 Å². The zero-order valence-corrected chi connectivity index (χ0v) is 31.4. The number of carbonyl (C=O) groups is 4. The van der Waals surface area contributed by atoms with Crippen LogP contribution in [0.2, 0.25) is 0 Å². The monoisotopic (exact) mass is 802 g/mol. The number of carbonyl (C=O) groups excluding carboxylic acids is 4. The van der Waals surface area contributed by atoms with E-state index in [1.54, 1.807) is 50.5 Å². The van der Waals surface area contributed by atoms with Crippen LogP contribution >= 0.6 is 22.7 Å². The Morgan fingerprint density at radius 2 is 1.16 bits per heavy atom. The molecule has 0 unspecified atom stereocenters. The van der Waals surface area contributed by atoms with E-state index in [1.807, 2.05) is 0 Å². The molecule has 4 aliphatic rings. The summed E-state index contributed by atoms with van der Waals surface area (Å²) in [6, 6.07) is 9.82. The molecule has 4 amide bonds. The van der Waals surface area contributed by atoms with E-state index in [2.05, 4.69) is 33.6 Å². The number of likely N-dealkylation sites (N-methyl/N-ethyl adjacent to an activating group) is 2. The van der Waals surface area contributed by atoms with Crippen molar-refractivity contribution in [2.75, 3.05) is 40.4 Å². The second kappa shape index (κ2) is 14.6. The van der Waals surface area contributed by atoms with Gasteiger partial charge in [0.25, 0.3) is 23.6 Å². The third-order valence-electron chi connectivity index (χ3n) is 9.38. The summed E-state index contributed by atoms with van der Waals surface area (Å²) in [6.07, 6.45) is -2.42. The number of nitrogens with zero attached hydrogens (tertiary/aromatic N) is 4. The number of likely N-dealkylation sites (tertiary alicyclic amines) is 2. The van der Waals surface area contributed by atoms with Crippen molar-refractivity contribution in [1.82, 2.24) is 19.8 Å². The van der Waals surface area contributed by atoms with Gasteiger partial charge in [0.05, 0.1) is 21.1 Å². The average molecular weight is 803 g/mol. The van der Waals surface area contributed by atoms with Crippen molar-refractivity contribution in [3.63, 3.8) is 0 Å². The van der Waals surface area contributed by atoms with Gasteiger partial charge in [0.15, 0.2) is 22.4 Å². The number of hydrogen-bond donors (Lipinski definition) is 4. The summed E-state index contributed by atoms with van der Waals surface area (Å²) in [5, 5.41) is 20.9. The van der Waals surface area contributed by atoms with Crippen LogP contribution in [0.5, 0.6) is 11.5 Å².